The summed E-state index contributed by atoms with van der Waals surface area (Å²) in [5.74, 6) is 0.0327. The molecule has 1 aliphatic rings. The number of hydrogen-bond donors (Lipinski definition) is 0. The molecule has 132 valence electrons. The minimum Gasteiger partial charge on any atom is -0.339 e. The highest BCUT2D eigenvalue weighted by molar-refractivity contribution is 5.84. The van der Waals surface area contributed by atoms with Gasteiger partial charge >= 0.3 is 0 Å². The summed E-state index contributed by atoms with van der Waals surface area (Å²) >= 11 is 0. The summed E-state index contributed by atoms with van der Waals surface area (Å²) < 4.78 is 0. The maximum Gasteiger partial charge on any atom is 0.242 e. The largest absolute Gasteiger partial charge is 0.339 e. The Balaban J connectivity index is 1.82. The summed E-state index contributed by atoms with van der Waals surface area (Å²) in [5.41, 5.74) is 1.30. The van der Waals surface area contributed by atoms with Gasteiger partial charge in [0, 0.05) is 45.7 Å². The lowest BCUT2D eigenvalue weighted by molar-refractivity contribution is -0.142. The van der Waals surface area contributed by atoms with Gasteiger partial charge in [-0.05, 0) is 18.9 Å². The first-order valence-electron chi connectivity index (χ1n) is 8.82. The second-order valence-electron chi connectivity index (χ2n) is 6.55. The SMILES string of the molecule is CCC(C)N(CC(=O)N1CCN(Cc2ccccc2)CC1)C(C)=O. The van der Waals surface area contributed by atoms with Gasteiger partial charge in [0.15, 0.2) is 0 Å². The fourth-order valence-corrected chi connectivity index (χ4v) is 3.04. The maximum atomic E-state index is 12.5. The normalized spacial score (nSPS) is 16.7. The molecule has 2 rings (SSSR count). The van der Waals surface area contributed by atoms with Crippen molar-refractivity contribution in [2.75, 3.05) is 32.7 Å². The van der Waals surface area contributed by atoms with Crippen molar-refractivity contribution in [1.82, 2.24) is 14.7 Å². The van der Waals surface area contributed by atoms with Crippen molar-refractivity contribution in [2.45, 2.75) is 39.8 Å². The molecule has 0 aromatic heterocycles. The van der Waals surface area contributed by atoms with Crippen molar-refractivity contribution >= 4 is 11.8 Å². The molecule has 0 bridgehead atoms. The van der Waals surface area contributed by atoms with Gasteiger partial charge in [0.2, 0.25) is 11.8 Å². The van der Waals surface area contributed by atoms with E-state index in [1.165, 1.54) is 12.5 Å². The van der Waals surface area contributed by atoms with Crippen LogP contribution in [0.3, 0.4) is 0 Å². The van der Waals surface area contributed by atoms with E-state index < -0.39 is 0 Å². The predicted octanol–water partition coefficient (Wildman–Crippen LogP) is 1.98. The second kappa shape index (κ2) is 8.83. The predicted molar refractivity (Wildman–Crippen MR) is 95.4 cm³/mol. The Morgan fingerprint density at radius 1 is 1.12 bits per heavy atom. The summed E-state index contributed by atoms with van der Waals surface area (Å²) in [7, 11) is 0. The lowest BCUT2D eigenvalue weighted by Gasteiger charge is -2.36. The van der Waals surface area contributed by atoms with Crippen LogP contribution in [0.1, 0.15) is 32.8 Å². The Morgan fingerprint density at radius 2 is 1.75 bits per heavy atom. The summed E-state index contributed by atoms with van der Waals surface area (Å²) in [5, 5.41) is 0. The summed E-state index contributed by atoms with van der Waals surface area (Å²) in [4.78, 5) is 30.2. The highest BCUT2D eigenvalue weighted by Gasteiger charge is 2.25. The molecule has 0 radical (unpaired) electrons. The van der Waals surface area contributed by atoms with Gasteiger partial charge in [0.05, 0.1) is 6.54 Å². The van der Waals surface area contributed by atoms with Crippen LogP contribution < -0.4 is 0 Å². The van der Waals surface area contributed by atoms with Crippen LogP contribution in [-0.4, -0.2) is 65.3 Å². The average molecular weight is 331 g/mol. The van der Waals surface area contributed by atoms with Crippen LogP contribution in [0.25, 0.3) is 0 Å². The third-order valence-corrected chi connectivity index (χ3v) is 4.81. The number of piperazine rings is 1. The third-order valence-electron chi connectivity index (χ3n) is 4.81. The Labute approximate surface area is 145 Å². The molecule has 1 aromatic rings. The molecule has 24 heavy (non-hydrogen) atoms. The van der Waals surface area contributed by atoms with Crippen LogP contribution in [0.2, 0.25) is 0 Å². The van der Waals surface area contributed by atoms with E-state index in [1.54, 1.807) is 4.90 Å². The molecule has 5 nitrogen and oxygen atoms in total. The summed E-state index contributed by atoms with van der Waals surface area (Å²) in [6.07, 6.45) is 0.859. The van der Waals surface area contributed by atoms with Crippen LogP contribution >= 0.6 is 0 Å². The number of rotatable bonds is 6. The number of amides is 2. The molecule has 1 aliphatic heterocycles. The van der Waals surface area contributed by atoms with E-state index in [0.717, 1.165) is 39.1 Å². The van der Waals surface area contributed by atoms with Crippen LogP contribution in [0.4, 0.5) is 0 Å². The van der Waals surface area contributed by atoms with Gasteiger partial charge in [0.1, 0.15) is 0 Å². The van der Waals surface area contributed by atoms with E-state index in [-0.39, 0.29) is 24.4 Å². The smallest absolute Gasteiger partial charge is 0.242 e. The molecule has 1 saturated heterocycles. The quantitative estimate of drug-likeness (QED) is 0.800. The second-order valence-corrected chi connectivity index (χ2v) is 6.55. The molecule has 0 aliphatic carbocycles. The Kier molecular flexibility index (Phi) is 6.79. The van der Waals surface area contributed by atoms with Gasteiger partial charge in [-0.15, -0.1) is 0 Å². The lowest BCUT2D eigenvalue weighted by atomic mass is 10.2. The molecule has 5 heteroatoms. The van der Waals surface area contributed by atoms with Gasteiger partial charge < -0.3 is 9.80 Å². The fraction of sp³-hybridized carbons (Fsp3) is 0.579. The highest BCUT2D eigenvalue weighted by Crippen LogP contribution is 2.10. The van der Waals surface area contributed by atoms with Crippen molar-refractivity contribution < 1.29 is 9.59 Å². The van der Waals surface area contributed by atoms with Crippen LogP contribution in [0.5, 0.6) is 0 Å². The molecule has 1 heterocycles. The molecule has 0 N–H and O–H groups in total. The minimum absolute atomic E-state index is 0.0274. The molecule has 1 atom stereocenters. The van der Waals surface area contributed by atoms with E-state index in [0.29, 0.717) is 0 Å². The van der Waals surface area contributed by atoms with Gasteiger partial charge in [-0.25, -0.2) is 0 Å². The van der Waals surface area contributed by atoms with Gasteiger partial charge in [-0.2, -0.15) is 0 Å². The molecular weight excluding hydrogens is 302 g/mol. The number of carbonyl (C=O) groups is 2. The zero-order chi connectivity index (χ0) is 17.5. The van der Waals surface area contributed by atoms with E-state index in [1.807, 2.05) is 24.8 Å². The van der Waals surface area contributed by atoms with E-state index in [9.17, 15) is 9.59 Å². The van der Waals surface area contributed by atoms with Crippen LogP contribution in [-0.2, 0) is 16.1 Å². The maximum absolute atomic E-state index is 12.5. The number of benzene rings is 1. The monoisotopic (exact) mass is 331 g/mol. The zero-order valence-electron chi connectivity index (χ0n) is 15.1. The fourth-order valence-electron chi connectivity index (χ4n) is 3.04. The Hall–Kier alpha value is -1.88. The first-order valence-corrected chi connectivity index (χ1v) is 8.82. The van der Waals surface area contributed by atoms with Crippen LogP contribution in [0, 0.1) is 0 Å². The molecule has 1 unspecified atom stereocenters. The van der Waals surface area contributed by atoms with Crippen LogP contribution in [0.15, 0.2) is 30.3 Å². The molecule has 0 saturated carbocycles. The molecule has 1 aromatic carbocycles. The molecule has 2 amide bonds. The first kappa shape index (κ1) is 18.5. The van der Waals surface area contributed by atoms with Gasteiger partial charge in [-0.3, -0.25) is 14.5 Å². The lowest BCUT2D eigenvalue weighted by Crippen LogP contribution is -2.52. The number of nitrogens with zero attached hydrogens (tertiary/aromatic N) is 3. The number of carbonyl (C=O) groups excluding carboxylic acids is 2. The summed E-state index contributed by atoms with van der Waals surface area (Å²) in [6.45, 7) is 9.92. The molecular formula is C19H29N3O2. The van der Waals surface area contributed by atoms with E-state index in [2.05, 4.69) is 29.2 Å². The summed E-state index contributed by atoms with van der Waals surface area (Å²) in [6, 6.07) is 10.5. The molecule has 0 spiro atoms. The molecule has 1 fully saturated rings. The topological polar surface area (TPSA) is 43.9 Å². The van der Waals surface area contributed by atoms with E-state index in [4.69, 9.17) is 0 Å². The highest BCUT2D eigenvalue weighted by atomic mass is 16.2. The third kappa shape index (κ3) is 5.06. The zero-order valence-corrected chi connectivity index (χ0v) is 15.1. The average Bonchev–Trinajstić information content (AvgIpc) is 2.60. The van der Waals surface area contributed by atoms with Gasteiger partial charge in [-0.1, -0.05) is 37.3 Å². The minimum atomic E-state index is -0.0274. The Morgan fingerprint density at radius 3 is 2.29 bits per heavy atom. The van der Waals surface area contributed by atoms with E-state index >= 15 is 0 Å². The van der Waals surface area contributed by atoms with Crippen molar-refractivity contribution in [2.24, 2.45) is 0 Å². The number of hydrogen-bond acceptors (Lipinski definition) is 3. The van der Waals surface area contributed by atoms with Crippen molar-refractivity contribution in [3.8, 4) is 0 Å². The standard InChI is InChI=1S/C19H29N3O2/c1-4-16(2)22(17(3)23)15-19(24)21-12-10-20(11-13-21)14-18-8-6-5-7-9-18/h5-9,16H,4,10-15H2,1-3H3. The van der Waals surface area contributed by atoms with Crippen molar-refractivity contribution in [3.63, 3.8) is 0 Å². The van der Waals surface area contributed by atoms with Crippen molar-refractivity contribution in [1.29, 1.82) is 0 Å². The Bertz CT molecular complexity index is 539. The van der Waals surface area contributed by atoms with Gasteiger partial charge in [0.25, 0.3) is 0 Å². The van der Waals surface area contributed by atoms with Crippen molar-refractivity contribution in [3.05, 3.63) is 35.9 Å². The first-order chi connectivity index (χ1) is 11.5.